The van der Waals surface area contributed by atoms with Crippen LogP contribution in [0.5, 0.6) is 11.5 Å². The zero-order valence-corrected chi connectivity index (χ0v) is 20.6. The van der Waals surface area contributed by atoms with Gasteiger partial charge in [-0.25, -0.2) is 0 Å². The summed E-state index contributed by atoms with van der Waals surface area (Å²) < 4.78 is 13.0. The van der Waals surface area contributed by atoms with Crippen LogP contribution in [-0.4, -0.2) is 39.6 Å². The van der Waals surface area contributed by atoms with Gasteiger partial charge in [-0.05, 0) is 67.9 Å². The molecule has 0 aliphatic heterocycles. The second-order valence-corrected chi connectivity index (χ2v) is 8.56. The van der Waals surface area contributed by atoms with E-state index in [1.165, 1.54) is 11.8 Å². The summed E-state index contributed by atoms with van der Waals surface area (Å²) in [6.45, 7) is 5.10. The summed E-state index contributed by atoms with van der Waals surface area (Å²) in [5, 5.41) is 12.4. The van der Waals surface area contributed by atoms with E-state index in [4.69, 9.17) is 9.47 Å². The predicted octanol–water partition coefficient (Wildman–Crippen LogP) is 5.39. The molecule has 4 rings (SSSR count). The van der Waals surface area contributed by atoms with Gasteiger partial charge in [0.15, 0.2) is 5.16 Å². The van der Waals surface area contributed by atoms with Crippen molar-refractivity contribution < 1.29 is 14.3 Å². The molecule has 0 saturated carbocycles. The van der Waals surface area contributed by atoms with Gasteiger partial charge in [-0.2, -0.15) is 0 Å². The van der Waals surface area contributed by atoms with Crippen molar-refractivity contribution in [1.82, 2.24) is 14.8 Å². The predicted molar refractivity (Wildman–Crippen MR) is 139 cm³/mol. The second kappa shape index (κ2) is 12.1. The van der Waals surface area contributed by atoms with Gasteiger partial charge >= 0.3 is 0 Å². The lowest BCUT2D eigenvalue weighted by Crippen LogP contribution is -2.14. The largest absolute Gasteiger partial charge is 0.494 e. The third-order valence-corrected chi connectivity index (χ3v) is 6.02. The van der Waals surface area contributed by atoms with Crippen molar-refractivity contribution in [2.75, 3.05) is 24.3 Å². The lowest BCUT2D eigenvalue weighted by Gasteiger charge is -2.12. The molecular formula is C27H28N4O3S. The van der Waals surface area contributed by atoms with Crippen molar-refractivity contribution in [2.24, 2.45) is 0 Å². The monoisotopic (exact) mass is 488 g/mol. The Labute approximate surface area is 209 Å². The molecule has 1 amide bonds. The zero-order chi connectivity index (χ0) is 24.5. The Morgan fingerprint density at radius 2 is 1.49 bits per heavy atom. The Bertz CT molecular complexity index is 1230. The first-order valence-electron chi connectivity index (χ1n) is 11.5. The summed E-state index contributed by atoms with van der Waals surface area (Å²) >= 11 is 1.35. The number of nitrogens with zero attached hydrogens (tertiary/aromatic N) is 3. The molecule has 0 unspecified atom stereocenters. The maximum atomic E-state index is 12.6. The first-order valence-corrected chi connectivity index (χ1v) is 12.5. The number of benzene rings is 3. The fourth-order valence-corrected chi connectivity index (χ4v) is 4.30. The number of carbonyl (C=O) groups excluding carboxylic acids is 1. The van der Waals surface area contributed by atoms with Crippen LogP contribution >= 0.6 is 11.8 Å². The number of anilines is 1. The van der Waals surface area contributed by atoms with E-state index in [1.807, 2.05) is 85.1 Å². The van der Waals surface area contributed by atoms with E-state index in [-0.39, 0.29) is 11.7 Å². The van der Waals surface area contributed by atoms with E-state index in [0.29, 0.717) is 24.8 Å². The van der Waals surface area contributed by atoms with Gasteiger partial charge in [-0.15, -0.1) is 10.2 Å². The van der Waals surface area contributed by atoms with Crippen molar-refractivity contribution in [3.05, 3.63) is 90.3 Å². The molecule has 8 heteroatoms. The van der Waals surface area contributed by atoms with Gasteiger partial charge in [0.05, 0.1) is 19.0 Å². The van der Waals surface area contributed by atoms with Gasteiger partial charge < -0.3 is 14.8 Å². The smallest absolute Gasteiger partial charge is 0.234 e. The van der Waals surface area contributed by atoms with E-state index in [0.717, 1.165) is 34.3 Å². The molecular weight excluding hydrogens is 460 g/mol. The minimum Gasteiger partial charge on any atom is -0.494 e. The van der Waals surface area contributed by atoms with Crippen molar-refractivity contribution in [2.45, 2.75) is 25.4 Å². The summed E-state index contributed by atoms with van der Waals surface area (Å²) in [6.07, 6.45) is 0.625. The topological polar surface area (TPSA) is 78.3 Å². The molecule has 1 aromatic heterocycles. The Balaban J connectivity index is 1.50. The van der Waals surface area contributed by atoms with Gasteiger partial charge in [0.1, 0.15) is 17.3 Å². The van der Waals surface area contributed by atoms with Crippen LogP contribution in [0.3, 0.4) is 0 Å². The molecule has 0 bridgehead atoms. The van der Waals surface area contributed by atoms with Crippen LogP contribution in [0, 0.1) is 0 Å². The normalized spacial score (nSPS) is 10.7. The van der Waals surface area contributed by atoms with E-state index in [2.05, 4.69) is 27.6 Å². The van der Waals surface area contributed by atoms with Crippen LogP contribution < -0.4 is 14.8 Å². The molecule has 0 aliphatic rings. The summed E-state index contributed by atoms with van der Waals surface area (Å²) in [5.74, 6) is 2.46. The fraction of sp³-hybridized carbons (Fsp3) is 0.222. The van der Waals surface area contributed by atoms with Crippen molar-refractivity contribution in [3.8, 4) is 17.2 Å². The number of carbonyl (C=O) groups is 1. The molecule has 0 fully saturated rings. The van der Waals surface area contributed by atoms with Crippen molar-refractivity contribution in [1.29, 1.82) is 0 Å². The highest BCUT2D eigenvalue weighted by Gasteiger charge is 2.17. The highest BCUT2D eigenvalue weighted by molar-refractivity contribution is 7.99. The summed E-state index contributed by atoms with van der Waals surface area (Å²) in [4.78, 5) is 12.6. The van der Waals surface area contributed by atoms with Crippen LogP contribution in [0.4, 0.5) is 5.69 Å². The maximum Gasteiger partial charge on any atom is 0.234 e. The number of ether oxygens (including phenoxy) is 2. The lowest BCUT2D eigenvalue weighted by molar-refractivity contribution is -0.113. The molecule has 0 aliphatic carbocycles. The number of hydrogen-bond acceptors (Lipinski definition) is 6. The number of rotatable bonds is 11. The number of nitrogens with one attached hydrogen (secondary N) is 1. The second-order valence-electron chi connectivity index (χ2n) is 7.62. The van der Waals surface area contributed by atoms with Gasteiger partial charge in [-0.1, -0.05) is 42.1 Å². The van der Waals surface area contributed by atoms with Crippen LogP contribution in [-0.2, 0) is 11.2 Å². The summed E-state index contributed by atoms with van der Waals surface area (Å²) in [5.41, 5.74) is 2.77. The highest BCUT2D eigenvalue weighted by atomic mass is 32.2. The van der Waals surface area contributed by atoms with E-state index in [1.54, 1.807) is 0 Å². The first kappa shape index (κ1) is 24.3. The average molecular weight is 489 g/mol. The summed E-state index contributed by atoms with van der Waals surface area (Å²) in [7, 11) is 0. The molecule has 4 aromatic rings. The average Bonchev–Trinajstić information content (AvgIpc) is 3.27. The molecule has 0 saturated heterocycles. The van der Waals surface area contributed by atoms with Crippen molar-refractivity contribution in [3.63, 3.8) is 0 Å². The van der Waals surface area contributed by atoms with E-state index in [9.17, 15) is 4.79 Å². The van der Waals surface area contributed by atoms with Gasteiger partial charge in [0, 0.05) is 17.8 Å². The third-order valence-electron chi connectivity index (χ3n) is 5.09. The molecule has 0 atom stereocenters. The Morgan fingerprint density at radius 1 is 0.857 bits per heavy atom. The lowest BCUT2D eigenvalue weighted by atomic mass is 10.1. The molecule has 1 heterocycles. The standard InChI is InChI=1S/C27H28N4O3S/c1-3-33-23-14-10-21(11-15-23)28-26(32)19-35-27-30-29-25(18-20-8-6-5-7-9-20)31(27)22-12-16-24(17-13-22)34-4-2/h5-17H,3-4,18-19H2,1-2H3,(H,28,32). The first-order chi connectivity index (χ1) is 17.2. The molecule has 7 nitrogen and oxygen atoms in total. The summed E-state index contributed by atoms with van der Waals surface area (Å²) in [6, 6.07) is 25.3. The molecule has 0 spiro atoms. The Hall–Kier alpha value is -3.78. The number of thioether (sulfide) groups is 1. The van der Waals surface area contributed by atoms with Crippen LogP contribution in [0.2, 0.25) is 0 Å². The van der Waals surface area contributed by atoms with Crippen LogP contribution in [0.25, 0.3) is 5.69 Å². The van der Waals surface area contributed by atoms with Gasteiger partial charge in [0.2, 0.25) is 5.91 Å². The molecule has 35 heavy (non-hydrogen) atoms. The van der Waals surface area contributed by atoms with Crippen LogP contribution in [0.15, 0.2) is 84.0 Å². The van der Waals surface area contributed by atoms with E-state index < -0.39 is 0 Å². The minimum atomic E-state index is -0.120. The molecule has 3 aromatic carbocycles. The van der Waals surface area contributed by atoms with Crippen molar-refractivity contribution >= 4 is 23.4 Å². The fourth-order valence-electron chi connectivity index (χ4n) is 3.53. The van der Waals surface area contributed by atoms with Crippen LogP contribution in [0.1, 0.15) is 25.2 Å². The SMILES string of the molecule is CCOc1ccc(NC(=O)CSc2nnc(Cc3ccccc3)n2-c2ccc(OCC)cc2)cc1. The van der Waals surface area contributed by atoms with Gasteiger partial charge in [0.25, 0.3) is 0 Å². The minimum absolute atomic E-state index is 0.120. The molecule has 1 N–H and O–H groups in total. The number of aromatic nitrogens is 3. The quantitative estimate of drug-likeness (QED) is 0.285. The zero-order valence-electron chi connectivity index (χ0n) is 19.8. The maximum absolute atomic E-state index is 12.6. The molecule has 180 valence electrons. The van der Waals surface area contributed by atoms with E-state index >= 15 is 0 Å². The Kier molecular flexibility index (Phi) is 8.40. The highest BCUT2D eigenvalue weighted by Crippen LogP contribution is 2.25. The Morgan fingerprint density at radius 3 is 2.11 bits per heavy atom. The number of amides is 1. The van der Waals surface area contributed by atoms with Gasteiger partial charge in [-0.3, -0.25) is 9.36 Å². The third kappa shape index (κ3) is 6.64. The number of hydrogen-bond donors (Lipinski definition) is 1. The molecule has 0 radical (unpaired) electrons.